The Labute approximate surface area is 188 Å². The number of ketones is 1. The average molecular weight is 449 g/mol. The Morgan fingerprint density at radius 2 is 1.03 bits per heavy atom. The van der Waals surface area contributed by atoms with E-state index in [1.54, 1.807) is 91.0 Å². The molecule has 0 unspecified atom stereocenters. The van der Waals surface area contributed by atoms with E-state index in [2.05, 4.69) is 0 Å². The van der Waals surface area contributed by atoms with Gasteiger partial charge in [-0.3, -0.25) is 4.79 Å². The Kier molecular flexibility index (Phi) is 5.77. The molecule has 0 aromatic heterocycles. The van der Waals surface area contributed by atoms with E-state index in [1.807, 2.05) is 0 Å². The van der Waals surface area contributed by atoms with E-state index in [9.17, 15) is 18.0 Å². The van der Waals surface area contributed by atoms with Gasteiger partial charge < -0.3 is 5.73 Å². The van der Waals surface area contributed by atoms with E-state index >= 15 is 4.39 Å². The lowest BCUT2D eigenvalue weighted by Gasteiger charge is -2.37. The molecule has 0 atom stereocenters. The second-order valence-electron chi connectivity index (χ2n) is 7.57. The Morgan fingerprint density at radius 3 is 1.39 bits per heavy atom. The molecule has 0 saturated heterocycles. The number of benzene rings is 4. The van der Waals surface area contributed by atoms with Crippen molar-refractivity contribution in [3.63, 3.8) is 0 Å². The van der Waals surface area contributed by atoms with Crippen LogP contribution in [0, 0.1) is 5.82 Å². The zero-order chi connectivity index (χ0) is 23.6. The van der Waals surface area contributed by atoms with Gasteiger partial charge in [0.25, 0.3) is 5.78 Å². The Hall–Kier alpha value is -3.93. The third kappa shape index (κ3) is 3.78. The number of carbonyl (C=O) groups is 1. The maximum atomic E-state index is 16.1. The maximum Gasteiger partial charge on any atom is 0.455 e. The molecule has 4 aromatic rings. The fourth-order valence-corrected chi connectivity index (χ4v) is 4.28. The standard InChI is InChI=1S/C27H19F4NO/c28-24-21(16-17-22(32)23(24)25(33)27(29,30)31)26(18-10-4-1-5-11-18,19-12-6-2-7-13-19)20-14-8-3-9-15-20/h1-17H,32H2. The van der Waals surface area contributed by atoms with E-state index in [-0.39, 0.29) is 5.56 Å². The van der Waals surface area contributed by atoms with Crippen LogP contribution in [0.25, 0.3) is 0 Å². The number of hydrogen-bond acceptors (Lipinski definition) is 2. The summed E-state index contributed by atoms with van der Waals surface area (Å²) in [5.74, 6) is -3.61. The van der Waals surface area contributed by atoms with Crippen LogP contribution in [0.3, 0.4) is 0 Å². The van der Waals surface area contributed by atoms with Crippen molar-refractivity contribution in [2.75, 3.05) is 5.73 Å². The lowest BCUT2D eigenvalue weighted by Crippen LogP contribution is -2.34. The molecule has 166 valence electrons. The topological polar surface area (TPSA) is 43.1 Å². The van der Waals surface area contributed by atoms with Crippen molar-refractivity contribution in [1.29, 1.82) is 0 Å². The summed E-state index contributed by atoms with van der Waals surface area (Å²) in [6.45, 7) is 0. The third-order valence-electron chi connectivity index (χ3n) is 5.68. The normalized spacial score (nSPS) is 11.9. The van der Waals surface area contributed by atoms with Gasteiger partial charge in [0.05, 0.1) is 11.0 Å². The molecule has 0 aliphatic heterocycles. The summed E-state index contributed by atoms with van der Waals surface area (Å²) in [5, 5.41) is 0. The van der Waals surface area contributed by atoms with Gasteiger partial charge >= 0.3 is 6.18 Å². The second-order valence-corrected chi connectivity index (χ2v) is 7.57. The number of hydrogen-bond donors (Lipinski definition) is 1. The fraction of sp³-hybridized carbons (Fsp3) is 0.0741. The van der Waals surface area contributed by atoms with E-state index in [0.29, 0.717) is 16.7 Å². The van der Waals surface area contributed by atoms with Gasteiger partial charge in [0.1, 0.15) is 5.82 Å². The smallest absolute Gasteiger partial charge is 0.398 e. The number of Topliss-reactive ketones (excluding diaryl/α,β-unsaturated/α-hetero) is 1. The van der Waals surface area contributed by atoms with Crippen LogP contribution in [-0.2, 0) is 5.41 Å². The highest BCUT2D eigenvalue weighted by molar-refractivity contribution is 6.05. The molecule has 4 rings (SSSR count). The molecule has 0 aliphatic rings. The van der Waals surface area contributed by atoms with Gasteiger partial charge in [0, 0.05) is 11.3 Å². The summed E-state index contributed by atoms with van der Waals surface area (Å²) in [5.41, 5.74) is 4.36. The quantitative estimate of drug-likeness (QED) is 0.163. The van der Waals surface area contributed by atoms with Gasteiger partial charge in [0.2, 0.25) is 0 Å². The first-order valence-corrected chi connectivity index (χ1v) is 10.1. The Balaban J connectivity index is 2.17. The molecule has 0 aliphatic carbocycles. The van der Waals surface area contributed by atoms with Gasteiger partial charge in [0.15, 0.2) is 0 Å². The van der Waals surface area contributed by atoms with Crippen molar-refractivity contribution >= 4 is 11.5 Å². The molecule has 0 amide bonds. The highest BCUT2D eigenvalue weighted by Gasteiger charge is 2.46. The lowest BCUT2D eigenvalue weighted by atomic mass is 9.64. The van der Waals surface area contributed by atoms with E-state index < -0.39 is 34.4 Å². The zero-order valence-electron chi connectivity index (χ0n) is 17.3. The molecular weight excluding hydrogens is 430 g/mol. The molecule has 0 saturated carbocycles. The Bertz CT molecular complexity index is 1170. The summed E-state index contributed by atoms with van der Waals surface area (Å²) in [4.78, 5) is 12.2. The first kappa shape index (κ1) is 22.3. The maximum absolute atomic E-state index is 16.1. The third-order valence-corrected chi connectivity index (χ3v) is 5.68. The van der Waals surface area contributed by atoms with Crippen molar-refractivity contribution in [2.24, 2.45) is 0 Å². The molecule has 0 fully saturated rings. The van der Waals surface area contributed by atoms with Gasteiger partial charge in [-0.2, -0.15) is 13.2 Å². The SMILES string of the molecule is Nc1ccc(C(c2ccccc2)(c2ccccc2)c2ccccc2)c(F)c1C(=O)C(F)(F)F. The van der Waals surface area contributed by atoms with Crippen LogP contribution in [0.4, 0.5) is 23.2 Å². The molecule has 33 heavy (non-hydrogen) atoms. The summed E-state index contributed by atoms with van der Waals surface area (Å²) < 4.78 is 56.0. The van der Waals surface area contributed by atoms with Crippen LogP contribution in [0.15, 0.2) is 103 Å². The number of nitrogens with two attached hydrogens (primary N) is 1. The van der Waals surface area contributed by atoms with Gasteiger partial charge in [-0.1, -0.05) is 97.1 Å². The van der Waals surface area contributed by atoms with Crippen molar-refractivity contribution in [2.45, 2.75) is 11.6 Å². The van der Waals surface area contributed by atoms with Crippen molar-refractivity contribution in [1.82, 2.24) is 0 Å². The minimum absolute atomic E-state index is 0.104. The van der Waals surface area contributed by atoms with E-state index in [0.717, 1.165) is 6.07 Å². The zero-order valence-corrected chi connectivity index (χ0v) is 17.3. The number of nitrogen functional groups attached to an aromatic ring is 1. The van der Waals surface area contributed by atoms with Crippen LogP contribution in [0.5, 0.6) is 0 Å². The summed E-state index contributed by atoms with van der Waals surface area (Å²) in [7, 11) is 0. The number of anilines is 1. The van der Waals surface area contributed by atoms with Gasteiger partial charge in [-0.15, -0.1) is 0 Å². The monoisotopic (exact) mass is 449 g/mol. The molecule has 4 aromatic carbocycles. The van der Waals surface area contributed by atoms with Crippen LogP contribution >= 0.6 is 0 Å². The molecular formula is C27H19F4NO. The number of carbonyl (C=O) groups excluding carboxylic acids is 1. The summed E-state index contributed by atoms with van der Waals surface area (Å²) in [6, 6.07) is 29.2. The fourth-order valence-electron chi connectivity index (χ4n) is 4.28. The predicted octanol–water partition coefficient (Wildman–Crippen LogP) is 6.54. The van der Waals surface area contributed by atoms with Crippen LogP contribution in [-0.4, -0.2) is 12.0 Å². The minimum Gasteiger partial charge on any atom is -0.398 e. The minimum atomic E-state index is -5.28. The molecule has 6 heteroatoms. The van der Waals surface area contributed by atoms with Crippen LogP contribution < -0.4 is 5.73 Å². The van der Waals surface area contributed by atoms with Gasteiger partial charge in [-0.25, -0.2) is 4.39 Å². The van der Waals surface area contributed by atoms with Gasteiger partial charge in [-0.05, 0) is 22.8 Å². The summed E-state index contributed by atoms with van der Waals surface area (Å²) >= 11 is 0. The predicted molar refractivity (Wildman–Crippen MR) is 120 cm³/mol. The number of rotatable bonds is 5. The molecule has 0 heterocycles. The van der Waals surface area contributed by atoms with E-state index in [4.69, 9.17) is 5.73 Å². The average Bonchev–Trinajstić information content (AvgIpc) is 2.82. The van der Waals surface area contributed by atoms with Crippen LogP contribution in [0.1, 0.15) is 32.6 Å². The van der Waals surface area contributed by atoms with Crippen molar-refractivity contribution < 1.29 is 22.4 Å². The van der Waals surface area contributed by atoms with E-state index in [1.165, 1.54) is 6.07 Å². The molecule has 2 nitrogen and oxygen atoms in total. The largest absolute Gasteiger partial charge is 0.455 e. The highest BCUT2D eigenvalue weighted by Crippen LogP contribution is 2.47. The first-order valence-electron chi connectivity index (χ1n) is 10.1. The first-order chi connectivity index (χ1) is 15.8. The van der Waals surface area contributed by atoms with Crippen molar-refractivity contribution in [3.05, 3.63) is 137 Å². The lowest BCUT2D eigenvalue weighted by molar-refractivity contribution is -0.0887. The number of halogens is 4. The Morgan fingerprint density at radius 1 is 0.636 bits per heavy atom. The molecule has 0 radical (unpaired) electrons. The van der Waals surface area contributed by atoms with Crippen LogP contribution in [0.2, 0.25) is 0 Å². The molecule has 0 spiro atoms. The molecule has 2 N–H and O–H groups in total. The second kappa shape index (κ2) is 8.54. The highest BCUT2D eigenvalue weighted by atomic mass is 19.4. The number of alkyl halides is 3. The molecule has 0 bridgehead atoms. The van der Waals surface area contributed by atoms with Crippen molar-refractivity contribution in [3.8, 4) is 0 Å². The summed E-state index contributed by atoms with van der Waals surface area (Å²) in [6.07, 6.45) is -5.28.